The van der Waals surface area contributed by atoms with Gasteiger partial charge in [-0.3, -0.25) is 9.78 Å². The first kappa shape index (κ1) is 13.7. The number of rotatable bonds is 4. The molecule has 0 aliphatic heterocycles. The maximum Gasteiger partial charge on any atom is 0.275 e. The van der Waals surface area contributed by atoms with Crippen LogP contribution in [0.15, 0.2) is 41.6 Å². The molecule has 0 N–H and O–H groups in total. The van der Waals surface area contributed by atoms with Crippen LogP contribution in [-0.4, -0.2) is 26.1 Å². The Bertz CT molecular complexity index is 798. The Hall–Kier alpha value is -2.28. The van der Waals surface area contributed by atoms with Crippen LogP contribution >= 0.6 is 11.3 Å². The Morgan fingerprint density at radius 1 is 1.38 bits per heavy atom. The van der Waals surface area contributed by atoms with E-state index in [9.17, 15) is 4.79 Å². The lowest BCUT2D eigenvalue weighted by atomic mass is 10.1. The van der Waals surface area contributed by atoms with Crippen LogP contribution in [0, 0.1) is 0 Å². The standard InChI is InChI=1S/C14H15N5OS/c1-3-18(10(2)11-5-4-7-15-9-11)14-17-19-12(20)6-8-16-13(19)21-14/h4-10H,3H2,1-2H3. The van der Waals surface area contributed by atoms with Crippen molar-refractivity contribution in [1.29, 1.82) is 0 Å². The minimum Gasteiger partial charge on any atom is -0.340 e. The third-order valence-electron chi connectivity index (χ3n) is 3.38. The minimum absolute atomic E-state index is 0.125. The molecule has 0 fully saturated rings. The smallest absolute Gasteiger partial charge is 0.275 e. The first-order chi connectivity index (χ1) is 10.2. The second-order valence-electron chi connectivity index (χ2n) is 4.61. The van der Waals surface area contributed by atoms with E-state index in [4.69, 9.17) is 0 Å². The molecule has 7 heteroatoms. The van der Waals surface area contributed by atoms with Crippen molar-refractivity contribution >= 4 is 21.4 Å². The van der Waals surface area contributed by atoms with Crippen molar-refractivity contribution in [3.05, 3.63) is 52.7 Å². The molecule has 6 nitrogen and oxygen atoms in total. The summed E-state index contributed by atoms with van der Waals surface area (Å²) >= 11 is 1.41. The van der Waals surface area contributed by atoms with E-state index in [1.54, 1.807) is 6.20 Å². The van der Waals surface area contributed by atoms with Crippen molar-refractivity contribution < 1.29 is 0 Å². The molecular weight excluding hydrogens is 286 g/mol. The molecule has 1 atom stereocenters. The fraction of sp³-hybridized carbons (Fsp3) is 0.286. The normalized spacial score (nSPS) is 12.5. The molecule has 108 valence electrons. The zero-order chi connectivity index (χ0) is 14.8. The molecule has 3 aromatic rings. The van der Waals surface area contributed by atoms with Gasteiger partial charge < -0.3 is 4.90 Å². The van der Waals surface area contributed by atoms with Gasteiger partial charge in [-0.25, -0.2) is 4.98 Å². The molecule has 0 bridgehead atoms. The summed E-state index contributed by atoms with van der Waals surface area (Å²) in [6, 6.07) is 5.50. The average Bonchev–Trinajstić information content (AvgIpc) is 2.94. The summed E-state index contributed by atoms with van der Waals surface area (Å²) in [4.78, 5) is 22.9. The number of nitrogens with zero attached hydrogens (tertiary/aromatic N) is 5. The van der Waals surface area contributed by atoms with Crippen molar-refractivity contribution in [1.82, 2.24) is 19.6 Å². The molecule has 3 heterocycles. The van der Waals surface area contributed by atoms with Crippen molar-refractivity contribution in [2.75, 3.05) is 11.4 Å². The molecule has 21 heavy (non-hydrogen) atoms. The number of pyridine rings is 1. The van der Waals surface area contributed by atoms with Gasteiger partial charge in [0.1, 0.15) is 0 Å². The molecule has 0 saturated carbocycles. The van der Waals surface area contributed by atoms with E-state index in [1.165, 1.54) is 28.1 Å². The van der Waals surface area contributed by atoms with E-state index in [0.717, 1.165) is 17.2 Å². The Labute approximate surface area is 125 Å². The van der Waals surface area contributed by atoms with Crippen LogP contribution in [0.1, 0.15) is 25.5 Å². The summed E-state index contributed by atoms with van der Waals surface area (Å²) in [5, 5.41) is 5.18. The first-order valence-corrected chi connectivity index (χ1v) is 7.54. The van der Waals surface area contributed by atoms with Crippen molar-refractivity contribution in [2.24, 2.45) is 0 Å². The highest BCUT2D eigenvalue weighted by Gasteiger charge is 2.19. The van der Waals surface area contributed by atoms with E-state index >= 15 is 0 Å². The van der Waals surface area contributed by atoms with Gasteiger partial charge in [0.2, 0.25) is 10.1 Å². The SMILES string of the molecule is CCN(c1nn2c(=O)ccnc2s1)C(C)c1cccnc1. The van der Waals surface area contributed by atoms with Gasteiger partial charge in [0.25, 0.3) is 5.56 Å². The van der Waals surface area contributed by atoms with Crippen molar-refractivity contribution in [2.45, 2.75) is 19.9 Å². The number of aromatic nitrogens is 4. The number of hydrogen-bond donors (Lipinski definition) is 0. The fourth-order valence-electron chi connectivity index (χ4n) is 2.23. The van der Waals surface area contributed by atoms with Crippen LogP contribution in [-0.2, 0) is 0 Å². The molecule has 3 aromatic heterocycles. The highest BCUT2D eigenvalue weighted by molar-refractivity contribution is 7.20. The summed E-state index contributed by atoms with van der Waals surface area (Å²) in [6.45, 7) is 4.95. The third kappa shape index (κ3) is 2.52. The fourth-order valence-corrected chi connectivity index (χ4v) is 3.25. The maximum atomic E-state index is 11.8. The van der Waals surface area contributed by atoms with Gasteiger partial charge >= 0.3 is 0 Å². The van der Waals surface area contributed by atoms with Gasteiger partial charge in [-0.2, -0.15) is 4.52 Å². The summed E-state index contributed by atoms with van der Waals surface area (Å²) in [5.74, 6) is 0. The molecule has 0 radical (unpaired) electrons. The highest BCUT2D eigenvalue weighted by atomic mass is 32.1. The van der Waals surface area contributed by atoms with Gasteiger partial charge in [-0.05, 0) is 25.5 Å². The molecule has 0 aromatic carbocycles. The molecule has 0 amide bonds. The van der Waals surface area contributed by atoms with E-state index in [1.807, 2.05) is 18.3 Å². The van der Waals surface area contributed by atoms with Gasteiger partial charge in [0.05, 0.1) is 6.04 Å². The van der Waals surface area contributed by atoms with Crippen LogP contribution in [0.4, 0.5) is 5.13 Å². The number of anilines is 1. The summed E-state index contributed by atoms with van der Waals surface area (Å²) < 4.78 is 1.35. The van der Waals surface area contributed by atoms with Crippen LogP contribution < -0.4 is 10.5 Å². The van der Waals surface area contributed by atoms with Crippen LogP contribution in [0.3, 0.4) is 0 Å². The van der Waals surface area contributed by atoms with Gasteiger partial charge in [-0.1, -0.05) is 17.4 Å². The van der Waals surface area contributed by atoms with Crippen molar-refractivity contribution in [3.63, 3.8) is 0 Å². The molecule has 0 aliphatic carbocycles. The summed E-state index contributed by atoms with van der Waals surface area (Å²) in [7, 11) is 0. The van der Waals surface area contributed by atoms with E-state index in [-0.39, 0.29) is 11.6 Å². The number of hydrogen-bond acceptors (Lipinski definition) is 6. The summed E-state index contributed by atoms with van der Waals surface area (Å²) in [5.41, 5.74) is 0.950. The van der Waals surface area contributed by atoms with Gasteiger partial charge in [0, 0.05) is 31.2 Å². The Balaban J connectivity index is 2.02. The van der Waals surface area contributed by atoms with Crippen LogP contribution in [0.2, 0.25) is 0 Å². The molecule has 1 unspecified atom stereocenters. The largest absolute Gasteiger partial charge is 0.340 e. The lowest BCUT2D eigenvalue weighted by Gasteiger charge is -2.27. The molecule has 0 aliphatic rings. The Morgan fingerprint density at radius 3 is 2.90 bits per heavy atom. The van der Waals surface area contributed by atoms with Crippen LogP contribution in [0.25, 0.3) is 4.96 Å². The zero-order valence-electron chi connectivity index (χ0n) is 11.8. The topological polar surface area (TPSA) is 63.4 Å². The number of fused-ring (bicyclic) bond motifs is 1. The summed E-state index contributed by atoms with van der Waals surface area (Å²) in [6.07, 6.45) is 5.12. The van der Waals surface area contributed by atoms with Crippen molar-refractivity contribution in [3.8, 4) is 0 Å². The maximum absolute atomic E-state index is 11.8. The molecule has 0 saturated heterocycles. The molecular formula is C14H15N5OS. The zero-order valence-corrected chi connectivity index (χ0v) is 12.6. The van der Waals surface area contributed by atoms with E-state index in [2.05, 4.69) is 33.8 Å². The monoisotopic (exact) mass is 301 g/mol. The predicted molar refractivity (Wildman–Crippen MR) is 82.8 cm³/mol. The minimum atomic E-state index is -0.160. The van der Waals surface area contributed by atoms with E-state index < -0.39 is 0 Å². The Kier molecular flexibility index (Phi) is 3.66. The lowest BCUT2D eigenvalue weighted by molar-refractivity contribution is 0.676. The predicted octanol–water partition coefficient (Wildman–Crippen LogP) is 2.13. The first-order valence-electron chi connectivity index (χ1n) is 6.72. The van der Waals surface area contributed by atoms with E-state index in [0.29, 0.717) is 4.96 Å². The third-order valence-corrected chi connectivity index (χ3v) is 4.34. The van der Waals surface area contributed by atoms with Gasteiger partial charge in [0.15, 0.2) is 0 Å². The highest BCUT2D eigenvalue weighted by Crippen LogP contribution is 2.29. The molecule has 0 spiro atoms. The quantitative estimate of drug-likeness (QED) is 0.738. The van der Waals surface area contributed by atoms with Crippen LogP contribution in [0.5, 0.6) is 0 Å². The second kappa shape index (κ2) is 5.61. The second-order valence-corrected chi connectivity index (χ2v) is 5.54. The van der Waals surface area contributed by atoms with Gasteiger partial charge in [-0.15, -0.1) is 5.10 Å². The average molecular weight is 301 g/mol. The molecule has 3 rings (SSSR count). The Morgan fingerprint density at radius 2 is 2.24 bits per heavy atom. The lowest BCUT2D eigenvalue weighted by Crippen LogP contribution is -2.27.